The zero-order valence-corrected chi connectivity index (χ0v) is 19.9. The van der Waals surface area contributed by atoms with Crippen molar-refractivity contribution in [1.82, 2.24) is 10.2 Å². The molecule has 1 aliphatic carbocycles. The highest BCUT2D eigenvalue weighted by Crippen LogP contribution is 2.44. The number of hydrogen-bond acceptors (Lipinski definition) is 4. The van der Waals surface area contributed by atoms with Crippen molar-refractivity contribution in [3.8, 4) is 11.1 Å². The molecule has 1 aliphatic heterocycles. The molecule has 1 saturated heterocycles. The van der Waals surface area contributed by atoms with Gasteiger partial charge in [-0.25, -0.2) is 9.59 Å². The van der Waals surface area contributed by atoms with Gasteiger partial charge in [-0.3, -0.25) is 4.79 Å². The standard InChI is InChI=1S/C27H32N2O5/c1-4-23(25(30)29-14-16(2)13-17(3)24(29)26(31)32)28-27(33)34-15-22-20-11-7-5-9-18(20)19-10-6-8-12-21(19)22/h5-12,16-17,22-24H,4,13-15H2,1-3H3,(H,28,33)(H,31,32)/t16?,17?,23-,24?/m1/s1. The Labute approximate surface area is 200 Å². The molecule has 7 nitrogen and oxygen atoms in total. The Bertz CT molecular complexity index is 1040. The highest BCUT2D eigenvalue weighted by molar-refractivity contribution is 5.89. The van der Waals surface area contributed by atoms with Gasteiger partial charge in [0.25, 0.3) is 0 Å². The third-order valence-corrected chi connectivity index (χ3v) is 7.04. The second kappa shape index (κ2) is 9.87. The van der Waals surface area contributed by atoms with Crippen molar-refractivity contribution in [2.45, 2.75) is 51.6 Å². The summed E-state index contributed by atoms with van der Waals surface area (Å²) in [5.74, 6) is -1.42. The summed E-state index contributed by atoms with van der Waals surface area (Å²) < 4.78 is 5.59. The number of piperidine rings is 1. The van der Waals surface area contributed by atoms with Gasteiger partial charge in [-0.1, -0.05) is 69.3 Å². The predicted molar refractivity (Wildman–Crippen MR) is 128 cm³/mol. The van der Waals surface area contributed by atoms with Crippen LogP contribution in [0.3, 0.4) is 0 Å². The van der Waals surface area contributed by atoms with Crippen LogP contribution in [0.25, 0.3) is 11.1 Å². The molecule has 1 heterocycles. The number of carboxylic acids is 1. The molecular formula is C27H32N2O5. The number of nitrogens with one attached hydrogen (secondary N) is 1. The van der Waals surface area contributed by atoms with Crippen LogP contribution in [0.1, 0.15) is 50.7 Å². The first-order chi connectivity index (χ1) is 16.3. The fourth-order valence-electron chi connectivity index (χ4n) is 5.52. The molecule has 180 valence electrons. The van der Waals surface area contributed by atoms with Gasteiger partial charge in [0.1, 0.15) is 18.7 Å². The topological polar surface area (TPSA) is 95.9 Å². The minimum absolute atomic E-state index is 0.0749. The van der Waals surface area contributed by atoms with Crippen molar-refractivity contribution in [2.75, 3.05) is 13.2 Å². The number of benzene rings is 2. The van der Waals surface area contributed by atoms with Gasteiger partial charge in [-0.05, 0) is 46.9 Å². The van der Waals surface area contributed by atoms with Gasteiger partial charge >= 0.3 is 12.1 Å². The van der Waals surface area contributed by atoms with Crippen LogP contribution >= 0.6 is 0 Å². The first kappa shape index (κ1) is 23.8. The van der Waals surface area contributed by atoms with Crippen molar-refractivity contribution in [1.29, 1.82) is 0 Å². The van der Waals surface area contributed by atoms with Crippen LogP contribution in [0, 0.1) is 11.8 Å². The lowest BCUT2D eigenvalue weighted by Crippen LogP contribution is -2.59. The van der Waals surface area contributed by atoms with E-state index in [9.17, 15) is 19.5 Å². The summed E-state index contributed by atoms with van der Waals surface area (Å²) in [5, 5.41) is 12.4. The number of carbonyl (C=O) groups is 3. The molecule has 0 aromatic heterocycles. The van der Waals surface area contributed by atoms with Crippen molar-refractivity contribution >= 4 is 18.0 Å². The van der Waals surface area contributed by atoms with E-state index in [0.717, 1.165) is 28.7 Å². The average Bonchev–Trinajstić information content (AvgIpc) is 3.13. The highest BCUT2D eigenvalue weighted by Gasteiger charge is 2.41. The van der Waals surface area contributed by atoms with Crippen LogP contribution in [0.2, 0.25) is 0 Å². The van der Waals surface area contributed by atoms with Crippen LogP contribution < -0.4 is 5.32 Å². The van der Waals surface area contributed by atoms with Crippen LogP contribution in [-0.4, -0.2) is 53.2 Å². The summed E-state index contributed by atoms with van der Waals surface area (Å²) in [6.07, 6.45) is 0.415. The average molecular weight is 465 g/mol. The van der Waals surface area contributed by atoms with Gasteiger partial charge in [0, 0.05) is 12.5 Å². The zero-order valence-electron chi connectivity index (χ0n) is 19.9. The summed E-state index contributed by atoms with van der Waals surface area (Å²) in [6, 6.07) is 14.4. The molecule has 3 unspecified atom stereocenters. The lowest BCUT2D eigenvalue weighted by Gasteiger charge is -2.41. The number of alkyl carbamates (subject to hydrolysis) is 1. The number of aliphatic carboxylic acids is 1. The number of hydrogen-bond donors (Lipinski definition) is 2. The molecule has 4 rings (SSSR count). The minimum Gasteiger partial charge on any atom is -0.480 e. The second-order valence-corrected chi connectivity index (χ2v) is 9.52. The van der Waals surface area contributed by atoms with Crippen molar-refractivity contribution in [2.24, 2.45) is 11.8 Å². The van der Waals surface area contributed by atoms with Crippen LogP contribution in [0.5, 0.6) is 0 Å². The lowest BCUT2D eigenvalue weighted by molar-refractivity contribution is -0.156. The molecule has 2 amide bonds. The Morgan fingerprint density at radius 2 is 1.65 bits per heavy atom. The smallest absolute Gasteiger partial charge is 0.407 e. The number of fused-ring (bicyclic) bond motifs is 3. The molecule has 0 radical (unpaired) electrons. The van der Waals surface area contributed by atoms with Crippen LogP contribution in [-0.2, 0) is 14.3 Å². The Morgan fingerprint density at radius 3 is 2.21 bits per heavy atom. The number of likely N-dealkylation sites (tertiary alicyclic amines) is 1. The number of amides is 2. The molecule has 0 spiro atoms. The molecule has 0 saturated carbocycles. The zero-order chi connectivity index (χ0) is 24.4. The Morgan fingerprint density at radius 1 is 1.06 bits per heavy atom. The minimum atomic E-state index is -1.01. The predicted octanol–water partition coefficient (Wildman–Crippen LogP) is 4.26. The van der Waals surface area contributed by atoms with Gasteiger partial charge in [0.15, 0.2) is 0 Å². The first-order valence-electron chi connectivity index (χ1n) is 12.0. The number of carbonyl (C=O) groups excluding carboxylic acids is 2. The summed E-state index contributed by atoms with van der Waals surface area (Å²) >= 11 is 0. The van der Waals surface area contributed by atoms with E-state index in [0.29, 0.717) is 13.0 Å². The van der Waals surface area contributed by atoms with Gasteiger partial charge < -0.3 is 20.1 Å². The van der Waals surface area contributed by atoms with Crippen molar-refractivity contribution in [3.05, 3.63) is 59.7 Å². The Balaban J connectivity index is 1.43. The molecule has 2 aromatic rings. The number of nitrogens with zero attached hydrogens (tertiary/aromatic N) is 1. The van der Waals surface area contributed by atoms with E-state index in [1.54, 1.807) is 6.92 Å². The molecule has 2 aliphatic rings. The largest absolute Gasteiger partial charge is 0.480 e. The SMILES string of the molecule is CC[C@@H](NC(=O)OCC1c2ccccc2-c2ccccc21)C(=O)N1CC(C)CC(C)C1C(=O)O. The molecule has 0 bridgehead atoms. The van der Waals surface area contributed by atoms with Crippen LogP contribution in [0.15, 0.2) is 48.5 Å². The summed E-state index contributed by atoms with van der Waals surface area (Å²) in [7, 11) is 0. The van der Waals surface area contributed by atoms with E-state index >= 15 is 0 Å². The molecular weight excluding hydrogens is 432 g/mol. The Hall–Kier alpha value is -3.35. The third kappa shape index (κ3) is 4.52. The van der Waals surface area contributed by atoms with E-state index in [2.05, 4.69) is 17.4 Å². The maximum absolute atomic E-state index is 13.3. The monoisotopic (exact) mass is 464 g/mol. The van der Waals surface area contributed by atoms with Crippen molar-refractivity contribution < 1.29 is 24.2 Å². The number of carboxylic acid groups (broad SMARTS) is 1. The first-order valence-corrected chi connectivity index (χ1v) is 12.0. The van der Waals surface area contributed by atoms with Gasteiger partial charge in [-0.15, -0.1) is 0 Å². The van der Waals surface area contributed by atoms with E-state index in [1.165, 1.54) is 4.90 Å². The number of rotatable bonds is 6. The van der Waals surface area contributed by atoms with Gasteiger partial charge in [0.05, 0.1) is 0 Å². The fraction of sp³-hybridized carbons (Fsp3) is 0.444. The van der Waals surface area contributed by atoms with E-state index < -0.39 is 24.1 Å². The lowest BCUT2D eigenvalue weighted by atomic mass is 9.84. The molecule has 2 aromatic carbocycles. The Kier molecular flexibility index (Phi) is 6.91. The summed E-state index contributed by atoms with van der Waals surface area (Å²) in [5.41, 5.74) is 4.50. The second-order valence-electron chi connectivity index (χ2n) is 9.52. The number of ether oxygens (including phenoxy) is 1. The fourth-order valence-corrected chi connectivity index (χ4v) is 5.52. The maximum atomic E-state index is 13.3. The van der Waals surface area contributed by atoms with E-state index in [-0.39, 0.29) is 30.3 Å². The van der Waals surface area contributed by atoms with Gasteiger partial charge in [0.2, 0.25) is 5.91 Å². The molecule has 4 atom stereocenters. The highest BCUT2D eigenvalue weighted by atomic mass is 16.5. The third-order valence-electron chi connectivity index (χ3n) is 7.04. The van der Waals surface area contributed by atoms with Crippen LogP contribution in [0.4, 0.5) is 4.79 Å². The molecule has 1 fully saturated rings. The molecule has 34 heavy (non-hydrogen) atoms. The van der Waals surface area contributed by atoms with E-state index in [4.69, 9.17) is 4.74 Å². The van der Waals surface area contributed by atoms with Gasteiger partial charge in [-0.2, -0.15) is 0 Å². The van der Waals surface area contributed by atoms with E-state index in [1.807, 2.05) is 50.2 Å². The van der Waals surface area contributed by atoms with Crippen molar-refractivity contribution in [3.63, 3.8) is 0 Å². The summed E-state index contributed by atoms with van der Waals surface area (Å²) in [4.78, 5) is 39.2. The summed E-state index contributed by atoms with van der Waals surface area (Å²) in [6.45, 7) is 6.17. The quantitative estimate of drug-likeness (QED) is 0.666. The molecule has 2 N–H and O–H groups in total. The molecule has 7 heteroatoms. The maximum Gasteiger partial charge on any atom is 0.407 e. The normalized spacial score (nSPS) is 22.4.